The quantitative estimate of drug-likeness (QED) is 0.745. The van der Waals surface area contributed by atoms with Crippen molar-refractivity contribution in [1.82, 2.24) is 14.2 Å². The van der Waals surface area contributed by atoms with Gasteiger partial charge in [0.05, 0.1) is 23.0 Å². The fourth-order valence-electron chi connectivity index (χ4n) is 2.68. The largest absolute Gasteiger partial charge is 0.481 e. The van der Waals surface area contributed by atoms with E-state index >= 15 is 0 Å². The zero-order chi connectivity index (χ0) is 17.4. The standard InChI is InChI=1S/C17H16ClN3O2S/c1-9-8-14(24-20-9)21-16(12-4-6-13(18)7-5-12)15(11(3)19-21)10(2)17(22)23/h4-8,10H,1-3H3,(H,22,23). The van der Waals surface area contributed by atoms with Crippen LogP contribution in [0.5, 0.6) is 0 Å². The third-order valence-corrected chi connectivity index (χ3v) is 4.96. The summed E-state index contributed by atoms with van der Waals surface area (Å²) in [5.41, 5.74) is 3.94. The van der Waals surface area contributed by atoms with E-state index in [-0.39, 0.29) is 0 Å². The molecule has 0 aliphatic carbocycles. The Kier molecular flexibility index (Phi) is 4.43. The highest BCUT2D eigenvalue weighted by molar-refractivity contribution is 7.08. The fourth-order valence-corrected chi connectivity index (χ4v) is 3.53. The number of carbonyl (C=O) groups is 1. The molecule has 0 amide bonds. The molecule has 0 saturated heterocycles. The molecular formula is C17H16ClN3O2S. The number of halogens is 1. The van der Waals surface area contributed by atoms with Crippen LogP contribution in [0, 0.1) is 13.8 Å². The van der Waals surface area contributed by atoms with E-state index in [1.54, 1.807) is 23.7 Å². The van der Waals surface area contributed by atoms with Crippen LogP contribution in [0.1, 0.15) is 29.8 Å². The molecule has 3 rings (SSSR count). The van der Waals surface area contributed by atoms with Crippen molar-refractivity contribution in [3.8, 4) is 16.3 Å². The van der Waals surface area contributed by atoms with E-state index in [4.69, 9.17) is 11.6 Å². The molecular weight excluding hydrogens is 346 g/mol. The van der Waals surface area contributed by atoms with Crippen molar-refractivity contribution >= 4 is 29.1 Å². The molecule has 1 aromatic carbocycles. The van der Waals surface area contributed by atoms with Crippen LogP contribution in [0.3, 0.4) is 0 Å². The monoisotopic (exact) mass is 361 g/mol. The minimum absolute atomic E-state index is 0.628. The Balaban J connectivity index is 2.28. The second-order valence-electron chi connectivity index (χ2n) is 5.63. The molecule has 7 heteroatoms. The zero-order valence-electron chi connectivity index (χ0n) is 13.4. The molecule has 3 aromatic rings. The van der Waals surface area contributed by atoms with Crippen LogP contribution in [0.2, 0.25) is 5.02 Å². The molecule has 0 fully saturated rings. The van der Waals surface area contributed by atoms with Gasteiger partial charge in [0.15, 0.2) is 0 Å². The Morgan fingerprint density at radius 1 is 1.29 bits per heavy atom. The second kappa shape index (κ2) is 6.37. The van der Waals surface area contributed by atoms with Crippen molar-refractivity contribution in [2.45, 2.75) is 26.7 Å². The number of hydrogen-bond donors (Lipinski definition) is 1. The predicted molar refractivity (Wildman–Crippen MR) is 95.2 cm³/mol. The molecule has 1 N–H and O–H groups in total. The van der Waals surface area contributed by atoms with Gasteiger partial charge in [-0.2, -0.15) is 9.47 Å². The molecule has 2 heterocycles. The summed E-state index contributed by atoms with van der Waals surface area (Å²) in [4.78, 5) is 11.6. The van der Waals surface area contributed by atoms with Gasteiger partial charge in [-0.05, 0) is 50.5 Å². The van der Waals surface area contributed by atoms with Gasteiger partial charge >= 0.3 is 5.97 Å². The SMILES string of the molecule is Cc1cc(-n2nc(C)c(C(C)C(=O)O)c2-c2ccc(Cl)cc2)sn1. The number of hydrogen-bond acceptors (Lipinski definition) is 4. The average molecular weight is 362 g/mol. The Bertz CT molecular complexity index is 899. The number of carboxylic acid groups (broad SMARTS) is 1. The van der Waals surface area contributed by atoms with E-state index < -0.39 is 11.9 Å². The molecule has 0 radical (unpaired) electrons. The third kappa shape index (κ3) is 2.95. The Hall–Kier alpha value is -2.18. The maximum absolute atomic E-state index is 11.6. The lowest BCUT2D eigenvalue weighted by Crippen LogP contribution is -2.09. The summed E-state index contributed by atoms with van der Waals surface area (Å²) in [6, 6.07) is 9.27. The molecule has 0 saturated carbocycles. The number of aliphatic carboxylic acids is 1. The summed E-state index contributed by atoms with van der Waals surface area (Å²) in [6.45, 7) is 5.42. The van der Waals surface area contributed by atoms with Gasteiger partial charge in [0.1, 0.15) is 5.00 Å². The van der Waals surface area contributed by atoms with Gasteiger partial charge in [-0.25, -0.2) is 4.68 Å². The molecule has 1 unspecified atom stereocenters. The van der Waals surface area contributed by atoms with Crippen molar-refractivity contribution in [3.05, 3.63) is 52.3 Å². The lowest BCUT2D eigenvalue weighted by atomic mass is 9.95. The smallest absolute Gasteiger partial charge is 0.310 e. The van der Waals surface area contributed by atoms with E-state index in [1.165, 1.54) is 11.5 Å². The minimum atomic E-state index is -0.881. The number of nitrogens with zero attached hydrogens (tertiary/aromatic N) is 3. The van der Waals surface area contributed by atoms with Crippen molar-refractivity contribution in [3.63, 3.8) is 0 Å². The fraction of sp³-hybridized carbons (Fsp3) is 0.235. The van der Waals surface area contributed by atoms with E-state index in [2.05, 4.69) is 9.47 Å². The Morgan fingerprint density at radius 2 is 1.96 bits per heavy atom. The average Bonchev–Trinajstić information content (AvgIpc) is 3.10. The first-order valence-electron chi connectivity index (χ1n) is 7.40. The van der Waals surface area contributed by atoms with Gasteiger partial charge in [-0.15, -0.1) is 0 Å². The van der Waals surface area contributed by atoms with Gasteiger partial charge in [0, 0.05) is 16.1 Å². The highest BCUT2D eigenvalue weighted by Gasteiger charge is 2.27. The summed E-state index contributed by atoms with van der Waals surface area (Å²) >= 11 is 7.33. The Morgan fingerprint density at radius 3 is 2.50 bits per heavy atom. The summed E-state index contributed by atoms with van der Waals surface area (Å²) in [7, 11) is 0. The molecule has 0 aliphatic heterocycles. The summed E-state index contributed by atoms with van der Waals surface area (Å²) < 4.78 is 6.08. The van der Waals surface area contributed by atoms with Crippen LogP contribution in [0.25, 0.3) is 16.3 Å². The number of rotatable bonds is 4. The molecule has 0 spiro atoms. The number of aromatic nitrogens is 3. The lowest BCUT2D eigenvalue weighted by molar-refractivity contribution is -0.138. The van der Waals surface area contributed by atoms with Crippen molar-refractivity contribution in [2.24, 2.45) is 0 Å². The second-order valence-corrected chi connectivity index (χ2v) is 6.85. The van der Waals surface area contributed by atoms with Gasteiger partial charge < -0.3 is 5.11 Å². The maximum atomic E-state index is 11.6. The van der Waals surface area contributed by atoms with Crippen molar-refractivity contribution in [1.29, 1.82) is 0 Å². The number of benzene rings is 1. The van der Waals surface area contributed by atoms with E-state index in [1.807, 2.05) is 32.0 Å². The van der Waals surface area contributed by atoms with Gasteiger partial charge in [0.2, 0.25) is 0 Å². The first kappa shape index (κ1) is 16.7. The molecule has 2 aromatic heterocycles. The highest BCUT2D eigenvalue weighted by atomic mass is 35.5. The first-order valence-corrected chi connectivity index (χ1v) is 8.55. The predicted octanol–water partition coefficient (Wildman–Crippen LogP) is 4.45. The van der Waals surface area contributed by atoms with Crippen molar-refractivity contribution in [2.75, 3.05) is 0 Å². The lowest BCUT2D eigenvalue weighted by Gasteiger charge is -2.11. The molecule has 0 aliphatic rings. The van der Waals surface area contributed by atoms with E-state index in [9.17, 15) is 9.90 Å². The van der Waals surface area contributed by atoms with Gasteiger partial charge in [-0.3, -0.25) is 4.79 Å². The highest BCUT2D eigenvalue weighted by Crippen LogP contribution is 2.35. The summed E-state index contributed by atoms with van der Waals surface area (Å²) in [5.74, 6) is -1.55. The van der Waals surface area contributed by atoms with Crippen LogP contribution in [0.4, 0.5) is 0 Å². The molecule has 24 heavy (non-hydrogen) atoms. The van der Waals surface area contributed by atoms with Gasteiger partial charge in [-0.1, -0.05) is 23.7 Å². The molecule has 0 bridgehead atoms. The minimum Gasteiger partial charge on any atom is -0.481 e. The summed E-state index contributed by atoms with van der Waals surface area (Å²) in [6.07, 6.45) is 0. The first-order chi connectivity index (χ1) is 11.4. The molecule has 1 atom stereocenters. The zero-order valence-corrected chi connectivity index (χ0v) is 15.0. The normalized spacial score (nSPS) is 12.3. The molecule has 5 nitrogen and oxygen atoms in total. The van der Waals surface area contributed by atoms with Crippen LogP contribution >= 0.6 is 23.1 Å². The van der Waals surface area contributed by atoms with Crippen LogP contribution in [-0.4, -0.2) is 25.2 Å². The van der Waals surface area contributed by atoms with E-state index in [0.717, 1.165) is 22.0 Å². The van der Waals surface area contributed by atoms with E-state index in [0.29, 0.717) is 16.3 Å². The van der Waals surface area contributed by atoms with Crippen molar-refractivity contribution < 1.29 is 9.90 Å². The Labute approximate surface area is 148 Å². The third-order valence-electron chi connectivity index (χ3n) is 3.85. The number of aryl methyl sites for hydroxylation is 2. The van der Waals surface area contributed by atoms with Crippen LogP contribution < -0.4 is 0 Å². The van der Waals surface area contributed by atoms with Crippen LogP contribution in [-0.2, 0) is 4.79 Å². The maximum Gasteiger partial charge on any atom is 0.310 e. The van der Waals surface area contributed by atoms with Crippen LogP contribution in [0.15, 0.2) is 30.3 Å². The van der Waals surface area contributed by atoms with Gasteiger partial charge in [0.25, 0.3) is 0 Å². The molecule has 124 valence electrons. The topological polar surface area (TPSA) is 68.0 Å². The summed E-state index contributed by atoms with van der Waals surface area (Å²) in [5, 5.41) is 15.6. The number of carboxylic acids is 1.